The number of hydrogen-bond acceptors (Lipinski definition) is 5. The molecule has 0 bridgehead atoms. The van der Waals surface area contributed by atoms with Gasteiger partial charge in [0.05, 0.1) is 20.0 Å². The number of carbonyl (C=O) groups is 1. The van der Waals surface area contributed by atoms with Crippen molar-refractivity contribution in [3.8, 4) is 11.5 Å². The second-order valence-corrected chi connectivity index (χ2v) is 7.01. The molecule has 2 aromatic carbocycles. The van der Waals surface area contributed by atoms with E-state index in [0.29, 0.717) is 5.75 Å². The summed E-state index contributed by atoms with van der Waals surface area (Å²) in [4.78, 5) is 16.4. The zero-order valence-corrected chi connectivity index (χ0v) is 15.7. The van der Waals surface area contributed by atoms with Gasteiger partial charge in [-0.1, -0.05) is 0 Å². The molecule has 0 spiro atoms. The van der Waals surface area contributed by atoms with E-state index >= 15 is 0 Å². The van der Waals surface area contributed by atoms with Crippen molar-refractivity contribution in [2.45, 2.75) is 5.37 Å². The summed E-state index contributed by atoms with van der Waals surface area (Å²) in [7, 11) is 7.25. The molecule has 0 aromatic heterocycles. The minimum atomic E-state index is -0.112. The van der Waals surface area contributed by atoms with Gasteiger partial charge in [0.15, 0.2) is 0 Å². The molecule has 1 heterocycles. The minimum Gasteiger partial charge on any atom is -0.497 e. The van der Waals surface area contributed by atoms with Crippen molar-refractivity contribution in [2.75, 3.05) is 43.9 Å². The quantitative estimate of drug-likeness (QED) is 0.818. The first-order valence-electron chi connectivity index (χ1n) is 7.98. The van der Waals surface area contributed by atoms with Gasteiger partial charge in [-0.05, 0) is 36.4 Å². The molecule has 132 valence electrons. The molecule has 25 heavy (non-hydrogen) atoms. The van der Waals surface area contributed by atoms with Crippen molar-refractivity contribution in [1.82, 2.24) is 0 Å². The Bertz CT molecular complexity index is 762. The van der Waals surface area contributed by atoms with Crippen LogP contribution in [0.25, 0.3) is 0 Å². The molecule has 1 amide bonds. The number of rotatable bonds is 5. The number of carbonyl (C=O) groups excluding carboxylic acids is 1. The average molecular weight is 358 g/mol. The largest absolute Gasteiger partial charge is 0.497 e. The Kier molecular flexibility index (Phi) is 5.08. The molecule has 6 heteroatoms. The van der Waals surface area contributed by atoms with E-state index in [4.69, 9.17) is 9.47 Å². The van der Waals surface area contributed by atoms with E-state index in [-0.39, 0.29) is 11.3 Å². The highest BCUT2D eigenvalue weighted by Crippen LogP contribution is 2.45. The molecule has 1 atom stereocenters. The van der Waals surface area contributed by atoms with Gasteiger partial charge in [0.2, 0.25) is 5.91 Å². The van der Waals surface area contributed by atoms with E-state index in [1.807, 2.05) is 66.4 Å². The molecular formula is C19H22N2O3S. The molecule has 5 nitrogen and oxygen atoms in total. The van der Waals surface area contributed by atoms with Gasteiger partial charge in [0.1, 0.15) is 16.9 Å². The van der Waals surface area contributed by atoms with E-state index in [9.17, 15) is 4.79 Å². The zero-order valence-electron chi connectivity index (χ0n) is 14.9. The van der Waals surface area contributed by atoms with Crippen LogP contribution in [0.3, 0.4) is 0 Å². The van der Waals surface area contributed by atoms with Crippen LogP contribution >= 0.6 is 11.8 Å². The fourth-order valence-electron chi connectivity index (χ4n) is 2.87. The van der Waals surface area contributed by atoms with Gasteiger partial charge in [0.25, 0.3) is 0 Å². The summed E-state index contributed by atoms with van der Waals surface area (Å²) in [5, 5.41) is -0.112. The summed E-state index contributed by atoms with van der Waals surface area (Å²) in [5.41, 5.74) is 2.96. The van der Waals surface area contributed by atoms with Crippen LogP contribution in [0.5, 0.6) is 11.5 Å². The van der Waals surface area contributed by atoms with Crippen LogP contribution in [0.2, 0.25) is 0 Å². The fraction of sp³-hybridized carbons (Fsp3) is 0.316. The maximum absolute atomic E-state index is 12.5. The lowest BCUT2D eigenvalue weighted by Crippen LogP contribution is -2.28. The summed E-state index contributed by atoms with van der Waals surface area (Å²) >= 11 is 1.61. The highest BCUT2D eigenvalue weighted by atomic mass is 32.2. The molecule has 0 saturated carbocycles. The first kappa shape index (κ1) is 17.5. The van der Waals surface area contributed by atoms with Crippen molar-refractivity contribution in [3.05, 3.63) is 48.0 Å². The topological polar surface area (TPSA) is 42.0 Å². The highest BCUT2D eigenvalue weighted by molar-refractivity contribution is 8.00. The van der Waals surface area contributed by atoms with E-state index in [1.54, 1.807) is 26.0 Å². The smallest absolute Gasteiger partial charge is 0.238 e. The van der Waals surface area contributed by atoms with E-state index in [1.165, 1.54) is 0 Å². The first-order chi connectivity index (χ1) is 12.0. The number of thioether (sulfide) groups is 1. The maximum Gasteiger partial charge on any atom is 0.238 e. The lowest BCUT2D eigenvalue weighted by molar-refractivity contribution is -0.115. The van der Waals surface area contributed by atoms with Crippen molar-refractivity contribution in [2.24, 2.45) is 0 Å². The summed E-state index contributed by atoms with van der Waals surface area (Å²) < 4.78 is 10.8. The predicted octanol–water partition coefficient (Wildman–Crippen LogP) is 3.55. The molecule has 1 unspecified atom stereocenters. The third-order valence-electron chi connectivity index (χ3n) is 4.22. The second kappa shape index (κ2) is 7.27. The van der Waals surface area contributed by atoms with Crippen LogP contribution in [0, 0.1) is 0 Å². The molecular weight excluding hydrogens is 336 g/mol. The SMILES string of the molecule is COc1ccc(C2SCC(=O)N2c2ccc(N(C)C)cc2)c(OC)c1. The Morgan fingerprint density at radius 2 is 1.80 bits per heavy atom. The molecule has 1 aliphatic heterocycles. The number of anilines is 2. The summed E-state index contributed by atoms with van der Waals surface area (Å²) in [6.07, 6.45) is 0. The number of ether oxygens (including phenoxy) is 2. The van der Waals surface area contributed by atoms with Crippen LogP contribution in [-0.4, -0.2) is 40.0 Å². The van der Waals surface area contributed by atoms with Crippen molar-refractivity contribution >= 4 is 29.0 Å². The number of amides is 1. The molecule has 1 aliphatic rings. The Hall–Kier alpha value is -2.34. The van der Waals surface area contributed by atoms with Crippen LogP contribution < -0.4 is 19.3 Å². The Morgan fingerprint density at radius 3 is 2.40 bits per heavy atom. The Balaban J connectivity index is 1.97. The minimum absolute atomic E-state index is 0.102. The summed E-state index contributed by atoms with van der Waals surface area (Å²) in [6, 6.07) is 13.7. The van der Waals surface area contributed by atoms with Crippen LogP contribution in [-0.2, 0) is 4.79 Å². The van der Waals surface area contributed by atoms with Crippen LogP contribution in [0.1, 0.15) is 10.9 Å². The van der Waals surface area contributed by atoms with Crippen molar-refractivity contribution in [1.29, 1.82) is 0 Å². The zero-order chi connectivity index (χ0) is 18.0. The van der Waals surface area contributed by atoms with Gasteiger partial charge in [-0.2, -0.15) is 0 Å². The van der Waals surface area contributed by atoms with Crippen molar-refractivity contribution < 1.29 is 14.3 Å². The van der Waals surface area contributed by atoms with Crippen LogP contribution in [0.4, 0.5) is 11.4 Å². The predicted molar refractivity (Wildman–Crippen MR) is 103 cm³/mol. The monoisotopic (exact) mass is 358 g/mol. The van der Waals surface area contributed by atoms with Gasteiger partial charge in [-0.15, -0.1) is 11.8 Å². The lowest BCUT2D eigenvalue weighted by Gasteiger charge is -2.26. The van der Waals surface area contributed by atoms with Crippen molar-refractivity contribution in [3.63, 3.8) is 0 Å². The normalized spacial score (nSPS) is 16.9. The van der Waals surface area contributed by atoms with Crippen LogP contribution in [0.15, 0.2) is 42.5 Å². The lowest BCUT2D eigenvalue weighted by atomic mass is 10.1. The highest BCUT2D eigenvalue weighted by Gasteiger charge is 2.35. The van der Waals surface area contributed by atoms with Gasteiger partial charge >= 0.3 is 0 Å². The number of hydrogen-bond donors (Lipinski definition) is 0. The summed E-state index contributed by atoms with van der Waals surface area (Å²) in [5.74, 6) is 2.01. The van der Waals surface area contributed by atoms with Gasteiger partial charge in [-0.3, -0.25) is 9.69 Å². The number of benzene rings is 2. The standard InChI is InChI=1S/C19H22N2O3S/c1-20(2)13-5-7-14(8-6-13)21-18(22)12-25-19(21)16-10-9-15(23-3)11-17(16)24-4/h5-11,19H,12H2,1-4H3. The van der Waals surface area contributed by atoms with E-state index in [0.717, 1.165) is 28.4 Å². The molecule has 3 rings (SSSR count). The number of nitrogens with zero attached hydrogens (tertiary/aromatic N) is 2. The maximum atomic E-state index is 12.5. The van der Waals surface area contributed by atoms with E-state index < -0.39 is 0 Å². The van der Waals surface area contributed by atoms with E-state index in [2.05, 4.69) is 0 Å². The first-order valence-corrected chi connectivity index (χ1v) is 9.03. The second-order valence-electron chi connectivity index (χ2n) is 5.95. The summed E-state index contributed by atoms with van der Waals surface area (Å²) in [6.45, 7) is 0. The molecule has 0 aliphatic carbocycles. The Morgan fingerprint density at radius 1 is 1.08 bits per heavy atom. The molecule has 2 aromatic rings. The number of methoxy groups -OCH3 is 2. The average Bonchev–Trinajstić information content (AvgIpc) is 3.02. The van der Waals surface area contributed by atoms with Gasteiger partial charge < -0.3 is 14.4 Å². The third-order valence-corrected chi connectivity index (χ3v) is 5.41. The fourth-order valence-corrected chi connectivity index (χ4v) is 4.07. The molecule has 1 saturated heterocycles. The molecule has 0 radical (unpaired) electrons. The molecule has 0 N–H and O–H groups in total. The Labute approximate surface area is 152 Å². The van der Waals surface area contributed by atoms with Gasteiger partial charge in [-0.25, -0.2) is 0 Å². The molecule has 1 fully saturated rings. The van der Waals surface area contributed by atoms with Gasteiger partial charge in [0, 0.05) is 37.1 Å². The third kappa shape index (κ3) is 3.39.